The normalized spacial score (nSPS) is 19.2. The van der Waals surface area contributed by atoms with Gasteiger partial charge in [-0.3, -0.25) is 24.1 Å². The van der Waals surface area contributed by atoms with Crippen molar-refractivity contribution in [3.63, 3.8) is 0 Å². The van der Waals surface area contributed by atoms with E-state index in [-0.39, 0.29) is 13.2 Å². The molecule has 0 aromatic heterocycles. The first-order valence-corrected chi connectivity index (χ1v) is 19.3. The summed E-state index contributed by atoms with van der Waals surface area (Å²) in [7, 11) is -3.84. The highest BCUT2D eigenvalue weighted by Gasteiger charge is 2.42. The summed E-state index contributed by atoms with van der Waals surface area (Å²) in [6.07, 6.45) is 7.24. The number of fused-ring (bicyclic) bond motifs is 3. The molecule has 3 N–H and O–H groups in total. The molecule has 3 atom stereocenters. The SMILES string of the molecule is C=CC(NC(=O)C1CCCC1C(=O)N(CCC/C=C/COc1ccc2c(c1)/C(=N/[O-])c1ccccc1-2)NC(=O)OC(C)(C)C)C(=O)NS(=O)(=O)C1CC1. The number of benzene rings is 2. The lowest BCUT2D eigenvalue weighted by Crippen LogP contribution is -2.53. The number of nitrogens with zero attached hydrogens (tertiary/aromatic N) is 2. The van der Waals surface area contributed by atoms with Gasteiger partial charge in [0.1, 0.15) is 24.0 Å². The molecule has 5 rings (SSSR count). The summed E-state index contributed by atoms with van der Waals surface area (Å²) >= 11 is 0. The molecule has 3 aliphatic rings. The van der Waals surface area contributed by atoms with Crippen molar-refractivity contribution in [1.82, 2.24) is 20.5 Å². The molecule has 4 amide bonds. The van der Waals surface area contributed by atoms with Gasteiger partial charge in [-0.25, -0.2) is 18.6 Å². The second kappa shape index (κ2) is 16.7. The molecule has 3 unspecified atom stereocenters. The topological polar surface area (TPSA) is 196 Å². The van der Waals surface area contributed by atoms with Crippen molar-refractivity contribution in [3.8, 4) is 16.9 Å². The first-order chi connectivity index (χ1) is 25.2. The van der Waals surface area contributed by atoms with Gasteiger partial charge in [-0.15, -0.1) is 6.58 Å². The molecule has 0 saturated heterocycles. The highest BCUT2D eigenvalue weighted by Crippen LogP contribution is 2.39. The van der Waals surface area contributed by atoms with E-state index in [4.69, 9.17) is 9.47 Å². The summed E-state index contributed by atoms with van der Waals surface area (Å²) in [6, 6.07) is 11.8. The maximum Gasteiger partial charge on any atom is 0.426 e. The van der Waals surface area contributed by atoms with E-state index in [1.165, 1.54) is 5.01 Å². The van der Waals surface area contributed by atoms with Crippen molar-refractivity contribution >= 4 is 39.5 Å². The van der Waals surface area contributed by atoms with E-state index in [1.54, 1.807) is 26.8 Å². The van der Waals surface area contributed by atoms with Crippen LogP contribution in [0.25, 0.3) is 11.1 Å². The third kappa shape index (κ3) is 9.83. The Labute approximate surface area is 309 Å². The molecule has 0 spiro atoms. The monoisotopic (exact) mass is 748 g/mol. The predicted octanol–water partition coefficient (Wildman–Crippen LogP) is 4.68. The van der Waals surface area contributed by atoms with Crippen LogP contribution >= 0.6 is 0 Å². The number of hydrazine groups is 1. The largest absolute Gasteiger partial charge is 0.791 e. The van der Waals surface area contributed by atoms with Gasteiger partial charge in [0.25, 0.3) is 5.91 Å². The van der Waals surface area contributed by atoms with Gasteiger partial charge in [0.05, 0.1) is 16.9 Å². The average molecular weight is 749 g/mol. The van der Waals surface area contributed by atoms with E-state index in [0.29, 0.717) is 56.4 Å². The summed E-state index contributed by atoms with van der Waals surface area (Å²) < 4.78 is 37.8. The lowest BCUT2D eigenvalue weighted by Gasteiger charge is -2.30. The number of ether oxygens (including phenoxy) is 2. The van der Waals surface area contributed by atoms with Crippen LogP contribution in [-0.4, -0.2) is 73.0 Å². The number of carbonyl (C=O) groups excluding carboxylic acids is 4. The minimum atomic E-state index is -3.84. The van der Waals surface area contributed by atoms with E-state index in [0.717, 1.165) is 28.3 Å². The molecule has 2 aromatic carbocycles. The fraction of sp³-hybridized carbons (Fsp3) is 0.447. The van der Waals surface area contributed by atoms with Crippen molar-refractivity contribution in [1.29, 1.82) is 0 Å². The fourth-order valence-electron chi connectivity index (χ4n) is 6.47. The molecule has 0 radical (unpaired) electrons. The number of rotatable bonds is 14. The zero-order chi connectivity index (χ0) is 38.3. The van der Waals surface area contributed by atoms with Crippen LogP contribution < -0.4 is 20.2 Å². The molecule has 53 heavy (non-hydrogen) atoms. The first kappa shape index (κ1) is 39.0. The Morgan fingerprint density at radius 3 is 2.38 bits per heavy atom. The van der Waals surface area contributed by atoms with Crippen molar-refractivity contribution in [2.45, 2.75) is 82.6 Å². The lowest BCUT2D eigenvalue weighted by molar-refractivity contribution is -0.143. The average Bonchev–Trinajstić information content (AvgIpc) is 3.78. The Hall–Kier alpha value is -5.18. The minimum absolute atomic E-state index is 0.119. The zero-order valence-electron chi connectivity index (χ0n) is 30.1. The molecular weight excluding hydrogens is 703 g/mol. The van der Waals surface area contributed by atoms with Gasteiger partial charge in [-0.05, 0) is 88.6 Å². The van der Waals surface area contributed by atoms with Gasteiger partial charge in [0.15, 0.2) is 0 Å². The van der Waals surface area contributed by atoms with Gasteiger partial charge in [0.2, 0.25) is 21.8 Å². The Kier molecular flexibility index (Phi) is 12.3. The molecule has 0 bridgehead atoms. The molecule has 15 heteroatoms. The molecule has 2 saturated carbocycles. The molecule has 0 aliphatic heterocycles. The van der Waals surface area contributed by atoms with Crippen LogP contribution in [0, 0.1) is 17.0 Å². The first-order valence-electron chi connectivity index (χ1n) is 17.7. The maximum atomic E-state index is 13.9. The number of unbranched alkanes of at least 4 members (excludes halogenated alkanes) is 1. The Morgan fingerprint density at radius 1 is 1.00 bits per heavy atom. The number of sulfonamides is 1. The van der Waals surface area contributed by atoms with Crippen LogP contribution in [-0.2, 0) is 29.1 Å². The van der Waals surface area contributed by atoms with Gasteiger partial charge in [0, 0.05) is 23.6 Å². The van der Waals surface area contributed by atoms with E-state index in [2.05, 4.69) is 22.5 Å². The maximum absolute atomic E-state index is 13.9. The Morgan fingerprint density at radius 2 is 1.70 bits per heavy atom. The molecule has 2 aromatic rings. The summed E-state index contributed by atoms with van der Waals surface area (Å²) in [5, 5.41) is 18.0. The van der Waals surface area contributed by atoms with Crippen LogP contribution in [0.2, 0.25) is 0 Å². The number of allylic oxidation sites excluding steroid dienone is 1. The van der Waals surface area contributed by atoms with Gasteiger partial charge in [-0.2, -0.15) is 0 Å². The Bertz CT molecular complexity index is 1900. The van der Waals surface area contributed by atoms with E-state index < -0.39 is 62.6 Å². The van der Waals surface area contributed by atoms with Gasteiger partial charge in [-0.1, -0.05) is 48.9 Å². The van der Waals surface area contributed by atoms with Crippen LogP contribution in [0.1, 0.15) is 76.8 Å². The van der Waals surface area contributed by atoms with E-state index in [9.17, 15) is 32.8 Å². The van der Waals surface area contributed by atoms with Crippen LogP contribution in [0.3, 0.4) is 0 Å². The van der Waals surface area contributed by atoms with Crippen molar-refractivity contribution < 1.29 is 37.1 Å². The summed E-state index contributed by atoms with van der Waals surface area (Å²) in [5.74, 6) is -3.02. The van der Waals surface area contributed by atoms with Crippen LogP contribution in [0.5, 0.6) is 5.75 Å². The second-order valence-corrected chi connectivity index (χ2v) is 16.3. The number of carbonyl (C=O) groups is 4. The van der Waals surface area contributed by atoms with E-state index >= 15 is 0 Å². The predicted molar refractivity (Wildman–Crippen MR) is 199 cm³/mol. The van der Waals surface area contributed by atoms with Crippen LogP contribution in [0.15, 0.2) is 72.4 Å². The lowest BCUT2D eigenvalue weighted by atomic mass is 9.93. The van der Waals surface area contributed by atoms with Gasteiger partial charge < -0.3 is 25.2 Å². The Balaban J connectivity index is 1.16. The quantitative estimate of drug-likeness (QED) is 0.119. The van der Waals surface area contributed by atoms with Crippen LogP contribution in [0.4, 0.5) is 4.79 Å². The standard InChI is InChI=1S/C38H47N5O9S/c1-5-32(35(45)42-53(49,50)25-18-19-25)39-34(44)29-15-12-16-30(29)36(46)43(40-37(47)52-38(2,3)4)21-10-6-7-11-22-51-24-17-20-27-26-13-8-9-14-28(26)33(41-48)31(27)23-24/h5,7-9,11,13-14,17,20,23,25,29-30,32,48H,1,6,10,12,15-16,18-19,21-22H2,2-4H3,(H,39,44)(H,40,47)(H,42,45)/p-1/b11-7+,41-33+. The smallest absolute Gasteiger partial charge is 0.426 e. The number of hydrogen-bond acceptors (Lipinski definition) is 10. The third-order valence-corrected chi connectivity index (χ3v) is 11.0. The summed E-state index contributed by atoms with van der Waals surface area (Å²) in [4.78, 5) is 52.7. The molecule has 3 aliphatic carbocycles. The summed E-state index contributed by atoms with van der Waals surface area (Å²) in [6.45, 7) is 9.03. The highest BCUT2D eigenvalue weighted by atomic mass is 32.2. The highest BCUT2D eigenvalue weighted by molar-refractivity contribution is 7.90. The van der Waals surface area contributed by atoms with Crippen molar-refractivity contribution in [2.75, 3.05) is 13.2 Å². The number of amides is 4. The fourth-order valence-corrected chi connectivity index (χ4v) is 7.80. The van der Waals surface area contributed by atoms with E-state index in [1.807, 2.05) is 53.3 Å². The zero-order valence-corrected chi connectivity index (χ0v) is 30.9. The molecule has 14 nitrogen and oxygen atoms in total. The van der Waals surface area contributed by atoms with Gasteiger partial charge >= 0.3 is 6.09 Å². The molecular formula is C38H46N5O9S-. The second-order valence-electron chi connectivity index (χ2n) is 14.3. The third-order valence-electron chi connectivity index (χ3n) is 9.16. The summed E-state index contributed by atoms with van der Waals surface area (Å²) in [5.41, 5.74) is 5.49. The van der Waals surface area contributed by atoms with Crippen molar-refractivity contribution in [3.05, 3.63) is 83.6 Å². The minimum Gasteiger partial charge on any atom is -0.791 e. The molecule has 0 heterocycles. The number of nitrogens with one attached hydrogen (secondary N) is 3. The number of hydrogen-bond donors (Lipinski definition) is 3. The molecule has 2 fully saturated rings. The molecule has 284 valence electrons. The van der Waals surface area contributed by atoms with Crippen molar-refractivity contribution in [2.24, 2.45) is 17.0 Å².